The molecule has 3 rings (SSSR count). The molecular formula is C18H20N2O3. The molecule has 1 fully saturated rings. The van der Waals surface area contributed by atoms with Gasteiger partial charge in [0, 0.05) is 31.1 Å². The minimum atomic E-state index is -0.392. The number of nitrogens with one attached hydrogen (secondary N) is 2. The highest BCUT2D eigenvalue weighted by molar-refractivity contribution is 5.94. The number of amides is 1. The number of hydrogen-bond donors (Lipinski definition) is 3. The van der Waals surface area contributed by atoms with Crippen LogP contribution in [0.2, 0.25) is 0 Å². The Balaban J connectivity index is 1.55. The minimum absolute atomic E-state index is 0.0691. The largest absolute Gasteiger partial charge is 0.457 e. The molecule has 2 unspecified atom stereocenters. The van der Waals surface area contributed by atoms with E-state index in [-0.39, 0.29) is 11.8 Å². The van der Waals surface area contributed by atoms with Gasteiger partial charge in [-0.15, -0.1) is 0 Å². The second-order valence-electron chi connectivity index (χ2n) is 5.64. The van der Waals surface area contributed by atoms with E-state index in [9.17, 15) is 9.90 Å². The maximum absolute atomic E-state index is 12.1. The quantitative estimate of drug-likeness (QED) is 0.787. The van der Waals surface area contributed by atoms with Gasteiger partial charge in [0.05, 0.1) is 6.10 Å². The SMILES string of the molecule is O=C(NCC1CNCC1O)c1ccc(Oc2ccccc2)cc1. The van der Waals surface area contributed by atoms with Gasteiger partial charge in [-0.3, -0.25) is 4.79 Å². The van der Waals surface area contributed by atoms with E-state index in [1.807, 2.05) is 30.3 Å². The Bertz CT molecular complexity index is 643. The minimum Gasteiger partial charge on any atom is -0.457 e. The van der Waals surface area contributed by atoms with Crippen LogP contribution in [0.4, 0.5) is 0 Å². The summed E-state index contributed by atoms with van der Waals surface area (Å²) in [6, 6.07) is 16.5. The molecule has 3 N–H and O–H groups in total. The van der Waals surface area contributed by atoms with Crippen LogP contribution in [0.5, 0.6) is 11.5 Å². The summed E-state index contributed by atoms with van der Waals surface area (Å²) in [4.78, 5) is 12.1. The standard InChI is InChI=1S/C18H20N2O3/c21-17-12-19-10-14(17)11-20-18(22)13-6-8-16(9-7-13)23-15-4-2-1-3-5-15/h1-9,14,17,19,21H,10-12H2,(H,20,22). The Morgan fingerprint density at radius 1 is 1.09 bits per heavy atom. The smallest absolute Gasteiger partial charge is 0.251 e. The van der Waals surface area contributed by atoms with E-state index < -0.39 is 6.10 Å². The zero-order chi connectivity index (χ0) is 16.1. The van der Waals surface area contributed by atoms with Crippen LogP contribution in [-0.4, -0.2) is 36.8 Å². The third-order valence-electron chi connectivity index (χ3n) is 3.92. The average Bonchev–Trinajstić information content (AvgIpc) is 2.99. The van der Waals surface area contributed by atoms with Crippen molar-refractivity contribution in [3.8, 4) is 11.5 Å². The fourth-order valence-corrected chi connectivity index (χ4v) is 2.55. The molecule has 2 atom stereocenters. The molecule has 1 aliphatic rings. The summed E-state index contributed by atoms with van der Waals surface area (Å²) in [5.41, 5.74) is 0.575. The van der Waals surface area contributed by atoms with E-state index in [4.69, 9.17) is 4.74 Å². The van der Waals surface area contributed by atoms with Crippen molar-refractivity contribution in [2.45, 2.75) is 6.10 Å². The molecule has 120 valence electrons. The van der Waals surface area contributed by atoms with Gasteiger partial charge >= 0.3 is 0 Å². The van der Waals surface area contributed by atoms with Crippen LogP contribution < -0.4 is 15.4 Å². The third kappa shape index (κ3) is 4.09. The van der Waals surface area contributed by atoms with Gasteiger partial charge in [-0.1, -0.05) is 18.2 Å². The lowest BCUT2D eigenvalue weighted by Crippen LogP contribution is -2.34. The van der Waals surface area contributed by atoms with Gasteiger partial charge in [0.15, 0.2) is 0 Å². The first-order valence-corrected chi connectivity index (χ1v) is 7.72. The van der Waals surface area contributed by atoms with E-state index in [0.29, 0.717) is 24.4 Å². The summed E-state index contributed by atoms with van der Waals surface area (Å²) in [7, 11) is 0. The lowest BCUT2D eigenvalue weighted by Gasteiger charge is -2.14. The van der Waals surface area contributed by atoms with Gasteiger partial charge in [0.2, 0.25) is 0 Å². The highest BCUT2D eigenvalue weighted by atomic mass is 16.5. The number of hydrogen-bond acceptors (Lipinski definition) is 4. The molecule has 0 radical (unpaired) electrons. The van der Waals surface area contributed by atoms with Gasteiger partial charge in [0.25, 0.3) is 5.91 Å². The highest BCUT2D eigenvalue weighted by Crippen LogP contribution is 2.21. The molecule has 2 aromatic carbocycles. The normalized spacial score (nSPS) is 20.2. The van der Waals surface area contributed by atoms with Crippen LogP contribution in [0.25, 0.3) is 0 Å². The summed E-state index contributed by atoms with van der Waals surface area (Å²) < 4.78 is 5.70. The van der Waals surface area contributed by atoms with Crippen molar-refractivity contribution < 1.29 is 14.6 Å². The van der Waals surface area contributed by atoms with Crippen molar-refractivity contribution in [1.29, 1.82) is 0 Å². The monoisotopic (exact) mass is 312 g/mol. The molecular weight excluding hydrogens is 292 g/mol. The summed E-state index contributed by atoms with van der Waals surface area (Å²) in [6.07, 6.45) is -0.392. The number of ether oxygens (including phenoxy) is 1. The van der Waals surface area contributed by atoms with E-state index in [1.165, 1.54) is 0 Å². The summed E-state index contributed by atoms with van der Waals surface area (Å²) in [5.74, 6) is 1.37. The number of rotatable bonds is 5. The summed E-state index contributed by atoms with van der Waals surface area (Å²) >= 11 is 0. The molecule has 23 heavy (non-hydrogen) atoms. The second-order valence-corrected chi connectivity index (χ2v) is 5.64. The van der Waals surface area contributed by atoms with Crippen LogP contribution in [0, 0.1) is 5.92 Å². The van der Waals surface area contributed by atoms with Gasteiger partial charge < -0.3 is 20.5 Å². The number of carbonyl (C=O) groups is 1. The topological polar surface area (TPSA) is 70.6 Å². The van der Waals surface area contributed by atoms with Crippen LogP contribution in [-0.2, 0) is 0 Å². The summed E-state index contributed by atoms with van der Waals surface area (Å²) in [6.45, 7) is 1.78. The molecule has 1 aliphatic heterocycles. The predicted molar refractivity (Wildman–Crippen MR) is 87.7 cm³/mol. The molecule has 1 amide bonds. The Labute approximate surface area is 135 Å². The zero-order valence-corrected chi connectivity index (χ0v) is 12.7. The zero-order valence-electron chi connectivity index (χ0n) is 12.7. The van der Waals surface area contributed by atoms with Gasteiger partial charge in [-0.2, -0.15) is 0 Å². The number of benzene rings is 2. The maximum Gasteiger partial charge on any atom is 0.251 e. The second kappa shape index (κ2) is 7.26. The van der Waals surface area contributed by atoms with Crippen molar-refractivity contribution in [3.05, 3.63) is 60.2 Å². The number of carbonyl (C=O) groups excluding carboxylic acids is 1. The Hall–Kier alpha value is -2.37. The molecule has 5 heteroatoms. The molecule has 5 nitrogen and oxygen atoms in total. The maximum atomic E-state index is 12.1. The number of para-hydroxylation sites is 1. The Morgan fingerprint density at radius 2 is 1.78 bits per heavy atom. The lowest BCUT2D eigenvalue weighted by atomic mass is 10.1. The first-order chi connectivity index (χ1) is 11.2. The van der Waals surface area contributed by atoms with Gasteiger partial charge in [-0.05, 0) is 36.4 Å². The van der Waals surface area contributed by atoms with Gasteiger partial charge in [0.1, 0.15) is 11.5 Å². The Kier molecular flexibility index (Phi) is 4.90. The first kappa shape index (κ1) is 15.5. The van der Waals surface area contributed by atoms with Crippen LogP contribution >= 0.6 is 0 Å². The molecule has 1 saturated heterocycles. The van der Waals surface area contributed by atoms with Crippen molar-refractivity contribution in [3.63, 3.8) is 0 Å². The molecule has 1 heterocycles. The van der Waals surface area contributed by atoms with Crippen molar-refractivity contribution >= 4 is 5.91 Å². The number of aliphatic hydroxyl groups excluding tert-OH is 1. The van der Waals surface area contributed by atoms with E-state index >= 15 is 0 Å². The molecule has 0 aliphatic carbocycles. The molecule has 0 bridgehead atoms. The fourth-order valence-electron chi connectivity index (χ4n) is 2.55. The number of β-amino-alcohol motifs (C(OH)–C–C–N with tert-alkyl or cyclic N) is 1. The van der Waals surface area contributed by atoms with Crippen molar-refractivity contribution in [2.24, 2.45) is 5.92 Å². The molecule has 0 saturated carbocycles. The van der Waals surface area contributed by atoms with Crippen molar-refractivity contribution in [1.82, 2.24) is 10.6 Å². The van der Waals surface area contributed by atoms with Crippen molar-refractivity contribution in [2.75, 3.05) is 19.6 Å². The fraction of sp³-hybridized carbons (Fsp3) is 0.278. The number of aliphatic hydroxyl groups is 1. The van der Waals surface area contributed by atoms with Crippen LogP contribution in [0.3, 0.4) is 0 Å². The van der Waals surface area contributed by atoms with E-state index in [1.54, 1.807) is 24.3 Å². The van der Waals surface area contributed by atoms with Crippen LogP contribution in [0.1, 0.15) is 10.4 Å². The molecule has 0 spiro atoms. The summed E-state index contributed by atoms with van der Waals surface area (Å²) in [5, 5.41) is 15.7. The highest BCUT2D eigenvalue weighted by Gasteiger charge is 2.25. The Morgan fingerprint density at radius 3 is 2.43 bits per heavy atom. The molecule has 2 aromatic rings. The van der Waals surface area contributed by atoms with Crippen LogP contribution in [0.15, 0.2) is 54.6 Å². The van der Waals surface area contributed by atoms with E-state index in [2.05, 4.69) is 10.6 Å². The first-order valence-electron chi connectivity index (χ1n) is 7.72. The molecule has 0 aromatic heterocycles. The third-order valence-corrected chi connectivity index (χ3v) is 3.92. The lowest BCUT2D eigenvalue weighted by molar-refractivity contribution is 0.0927. The predicted octanol–water partition coefficient (Wildman–Crippen LogP) is 1.79. The van der Waals surface area contributed by atoms with E-state index in [0.717, 1.165) is 12.3 Å². The average molecular weight is 312 g/mol. The van der Waals surface area contributed by atoms with Gasteiger partial charge in [-0.25, -0.2) is 0 Å².